The van der Waals surface area contributed by atoms with Crippen LogP contribution in [-0.2, 0) is 9.84 Å². The highest BCUT2D eigenvalue weighted by atomic mass is 32.2. The molecule has 0 aromatic heterocycles. The van der Waals surface area contributed by atoms with Crippen LogP contribution in [0.4, 0.5) is 0 Å². The molecular formula is C9H16O2S. The molecule has 0 unspecified atom stereocenters. The van der Waals surface area contributed by atoms with Crippen LogP contribution in [0.25, 0.3) is 0 Å². The normalized spacial score (nSPS) is 36.1. The van der Waals surface area contributed by atoms with Crippen LogP contribution in [0.3, 0.4) is 0 Å². The Balaban J connectivity index is 2.26. The van der Waals surface area contributed by atoms with E-state index in [1.54, 1.807) is 0 Å². The second-order valence-corrected chi connectivity index (χ2v) is 6.88. The zero-order valence-electron chi connectivity index (χ0n) is 7.71. The Kier molecular flexibility index (Phi) is 1.60. The minimum atomic E-state index is -2.69. The highest BCUT2D eigenvalue weighted by molar-refractivity contribution is 7.91. The highest BCUT2D eigenvalue weighted by Gasteiger charge is 2.58. The topological polar surface area (TPSA) is 34.1 Å². The largest absolute Gasteiger partial charge is 0.229 e. The fourth-order valence-electron chi connectivity index (χ4n) is 2.63. The van der Waals surface area contributed by atoms with E-state index in [9.17, 15) is 8.42 Å². The van der Waals surface area contributed by atoms with Gasteiger partial charge in [0.25, 0.3) is 0 Å². The smallest absolute Gasteiger partial charge is 0.151 e. The average Bonchev–Trinajstić information content (AvgIpc) is 2.56. The Labute approximate surface area is 74.3 Å². The van der Waals surface area contributed by atoms with Crippen LogP contribution in [0.5, 0.6) is 0 Å². The average molecular weight is 188 g/mol. The Hall–Kier alpha value is -0.0500. The lowest BCUT2D eigenvalue weighted by Gasteiger charge is -2.19. The second-order valence-electron chi connectivity index (χ2n) is 4.77. The van der Waals surface area contributed by atoms with Gasteiger partial charge in [0.15, 0.2) is 9.84 Å². The predicted octanol–water partition coefficient (Wildman–Crippen LogP) is 1.47. The maximum absolute atomic E-state index is 11.4. The molecule has 1 aliphatic carbocycles. The molecule has 2 aliphatic rings. The van der Waals surface area contributed by atoms with Crippen LogP contribution in [-0.4, -0.2) is 19.9 Å². The minimum Gasteiger partial charge on any atom is -0.229 e. The Morgan fingerprint density at radius 3 is 2.25 bits per heavy atom. The Morgan fingerprint density at radius 2 is 1.92 bits per heavy atom. The van der Waals surface area contributed by atoms with E-state index in [2.05, 4.69) is 13.8 Å². The minimum absolute atomic E-state index is 0.229. The van der Waals surface area contributed by atoms with Gasteiger partial charge in [-0.1, -0.05) is 13.8 Å². The van der Waals surface area contributed by atoms with Crippen LogP contribution < -0.4 is 0 Å². The molecule has 0 radical (unpaired) electrons. The van der Waals surface area contributed by atoms with E-state index in [0.29, 0.717) is 23.3 Å². The van der Waals surface area contributed by atoms with Crippen molar-refractivity contribution in [2.24, 2.45) is 17.3 Å². The predicted molar refractivity (Wildman–Crippen MR) is 48.6 cm³/mol. The third-order valence-corrected chi connectivity index (χ3v) is 5.31. The van der Waals surface area contributed by atoms with Crippen molar-refractivity contribution in [2.75, 3.05) is 11.5 Å². The van der Waals surface area contributed by atoms with E-state index in [0.717, 1.165) is 12.8 Å². The van der Waals surface area contributed by atoms with E-state index in [4.69, 9.17) is 0 Å². The summed E-state index contributed by atoms with van der Waals surface area (Å²) in [7, 11) is -2.69. The van der Waals surface area contributed by atoms with Crippen LogP contribution in [0.2, 0.25) is 0 Å². The summed E-state index contributed by atoms with van der Waals surface area (Å²) in [5, 5.41) is 0. The molecule has 0 aromatic carbocycles. The maximum Gasteiger partial charge on any atom is 0.151 e. The van der Waals surface area contributed by atoms with Crippen molar-refractivity contribution in [3.8, 4) is 0 Å². The van der Waals surface area contributed by atoms with E-state index < -0.39 is 9.84 Å². The van der Waals surface area contributed by atoms with Gasteiger partial charge in [-0.2, -0.15) is 0 Å². The summed E-state index contributed by atoms with van der Waals surface area (Å²) in [4.78, 5) is 0. The first-order valence-corrected chi connectivity index (χ1v) is 6.48. The number of hydrogen-bond acceptors (Lipinski definition) is 2. The molecule has 0 amide bonds. The summed E-state index contributed by atoms with van der Waals surface area (Å²) in [6.07, 6.45) is 2.30. The molecule has 1 heterocycles. The summed E-state index contributed by atoms with van der Waals surface area (Å²) in [5.41, 5.74) is 0.229. The molecule has 0 aromatic rings. The van der Waals surface area contributed by atoms with Crippen LogP contribution in [0, 0.1) is 17.3 Å². The third kappa shape index (κ3) is 1.18. The molecule has 1 spiro atoms. The lowest BCUT2D eigenvalue weighted by Crippen LogP contribution is -2.18. The first-order valence-electron chi connectivity index (χ1n) is 4.66. The summed E-state index contributed by atoms with van der Waals surface area (Å²) in [6.45, 7) is 4.29. The van der Waals surface area contributed by atoms with Gasteiger partial charge in [0, 0.05) is 0 Å². The van der Waals surface area contributed by atoms with Gasteiger partial charge >= 0.3 is 0 Å². The van der Waals surface area contributed by atoms with Crippen molar-refractivity contribution in [1.29, 1.82) is 0 Å². The fraction of sp³-hybridized carbons (Fsp3) is 1.00. The van der Waals surface area contributed by atoms with E-state index in [1.165, 1.54) is 0 Å². The van der Waals surface area contributed by atoms with Crippen molar-refractivity contribution in [1.82, 2.24) is 0 Å². The molecule has 1 saturated carbocycles. The van der Waals surface area contributed by atoms with E-state index in [1.807, 2.05) is 0 Å². The van der Waals surface area contributed by atoms with Crippen molar-refractivity contribution in [3.05, 3.63) is 0 Å². The number of hydrogen-bond donors (Lipinski definition) is 0. The quantitative estimate of drug-likeness (QED) is 0.624. The molecular weight excluding hydrogens is 172 g/mol. The van der Waals surface area contributed by atoms with Crippen LogP contribution in [0.1, 0.15) is 26.7 Å². The van der Waals surface area contributed by atoms with Crippen LogP contribution >= 0.6 is 0 Å². The van der Waals surface area contributed by atoms with Crippen LogP contribution in [0.15, 0.2) is 0 Å². The lowest BCUT2D eigenvalue weighted by atomic mass is 9.84. The summed E-state index contributed by atoms with van der Waals surface area (Å²) in [5.74, 6) is 1.90. The molecule has 12 heavy (non-hydrogen) atoms. The standard InChI is InChI=1S/C9H16O2S/c1-7(2)8-5-12(10,11)6-9(8)3-4-9/h7-8H,3-6H2,1-2H3/t8-/m1/s1. The summed E-state index contributed by atoms with van der Waals surface area (Å²) < 4.78 is 22.8. The van der Waals surface area contributed by atoms with E-state index in [-0.39, 0.29) is 5.41 Å². The lowest BCUT2D eigenvalue weighted by molar-refractivity contribution is 0.301. The summed E-state index contributed by atoms with van der Waals surface area (Å²) >= 11 is 0. The second kappa shape index (κ2) is 2.25. The van der Waals surface area contributed by atoms with Crippen molar-refractivity contribution in [2.45, 2.75) is 26.7 Å². The van der Waals surface area contributed by atoms with Gasteiger partial charge < -0.3 is 0 Å². The SMILES string of the molecule is CC(C)[C@H]1CS(=O)(=O)CC12CC2. The van der Waals surface area contributed by atoms with Crippen molar-refractivity contribution in [3.63, 3.8) is 0 Å². The van der Waals surface area contributed by atoms with Gasteiger partial charge in [-0.05, 0) is 30.1 Å². The third-order valence-electron chi connectivity index (χ3n) is 3.42. The molecule has 2 nitrogen and oxygen atoms in total. The molecule has 2 rings (SSSR count). The number of sulfone groups is 1. The molecule has 2 fully saturated rings. The maximum atomic E-state index is 11.4. The first kappa shape index (κ1) is 8.54. The Morgan fingerprint density at radius 1 is 1.33 bits per heavy atom. The first-order chi connectivity index (χ1) is 5.45. The van der Waals surface area contributed by atoms with Crippen molar-refractivity contribution < 1.29 is 8.42 Å². The molecule has 1 saturated heterocycles. The van der Waals surface area contributed by atoms with Gasteiger partial charge in [-0.3, -0.25) is 0 Å². The van der Waals surface area contributed by atoms with E-state index >= 15 is 0 Å². The summed E-state index contributed by atoms with van der Waals surface area (Å²) in [6, 6.07) is 0. The number of rotatable bonds is 1. The van der Waals surface area contributed by atoms with Gasteiger partial charge in [0.2, 0.25) is 0 Å². The van der Waals surface area contributed by atoms with Gasteiger partial charge in [-0.15, -0.1) is 0 Å². The molecule has 1 atom stereocenters. The zero-order valence-corrected chi connectivity index (χ0v) is 8.52. The zero-order chi connectivity index (χ0) is 8.98. The molecule has 0 bridgehead atoms. The van der Waals surface area contributed by atoms with Gasteiger partial charge in [-0.25, -0.2) is 8.42 Å². The molecule has 70 valence electrons. The van der Waals surface area contributed by atoms with Gasteiger partial charge in [0.05, 0.1) is 11.5 Å². The van der Waals surface area contributed by atoms with Crippen molar-refractivity contribution >= 4 is 9.84 Å². The molecule has 1 aliphatic heterocycles. The molecule has 0 N–H and O–H groups in total. The highest BCUT2D eigenvalue weighted by Crippen LogP contribution is 2.59. The monoisotopic (exact) mass is 188 g/mol. The Bertz CT molecular complexity index is 286. The molecule has 3 heteroatoms. The van der Waals surface area contributed by atoms with Gasteiger partial charge in [0.1, 0.15) is 0 Å². The fourth-order valence-corrected chi connectivity index (χ4v) is 5.41.